The van der Waals surface area contributed by atoms with Crippen LogP contribution in [0.4, 0.5) is 0 Å². The lowest BCUT2D eigenvalue weighted by Crippen LogP contribution is -2.38. The number of imidazole rings is 1. The first-order valence-corrected chi connectivity index (χ1v) is 12.7. The molecule has 0 radical (unpaired) electrons. The van der Waals surface area contributed by atoms with Crippen LogP contribution in [-0.4, -0.2) is 45.4 Å². The van der Waals surface area contributed by atoms with Gasteiger partial charge in [0.05, 0.1) is 10.4 Å². The summed E-state index contributed by atoms with van der Waals surface area (Å²) in [4.78, 5) is 34.3. The second kappa shape index (κ2) is 11.7. The number of thiophene rings is 1. The van der Waals surface area contributed by atoms with Gasteiger partial charge < -0.3 is 19.8 Å². The number of nitrogens with one attached hydrogen (secondary N) is 2. The van der Waals surface area contributed by atoms with Crippen molar-refractivity contribution in [3.05, 3.63) is 76.6 Å². The van der Waals surface area contributed by atoms with Gasteiger partial charge in [-0.1, -0.05) is 13.8 Å². The molecule has 0 unspecified atom stereocenters. The minimum Gasteiger partial charge on any atom is -0.381 e. The molecule has 2 N–H and O–H groups in total. The first-order chi connectivity index (χ1) is 17.2. The van der Waals surface area contributed by atoms with Crippen LogP contribution in [0.3, 0.4) is 0 Å². The van der Waals surface area contributed by atoms with Gasteiger partial charge in [-0.2, -0.15) is 0 Å². The molecule has 0 saturated carbocycles. The van der Waals surface area contributed by atoms with Crippen LogP contribution in [0.25, 0.3) is 16.8 Å². The second-order valence-electron chi connectivity index (χ2n) is 7.93. The molecule has 182 valence electrons. The minimum absolute atomic E-state index is 0.0515. The van der Waals surface area contributed by atoms with E-state index >= 15 is 0 Å². The Hall–Kier alpha value is -3.56. The summed E-state index contributed by atoms with van der Waals surface area (Å²) in [6, 6.07) is 7.60. The Morgan fingerprint density at radius 3 is 2.77 bits per heavy atom. The van der Waals surface area contributed by atoms with Crippen LogP contribution in [0.15, 0.2) is 60.6 Å². The summed E-state index contributed by atoms with van der Waals surface area (Å²) < 4.78 is 7.16. The first-order valence-electron chi connectivity index (χ1n) is 11.8. The lowest BCUT2D eigenvalue weighted by atomic mass is 10.1. The fourth-order valence-electron chi connectivity index (χ4n) is 3.79. The highest BCUT2D eigenvalue weighted by atomic mass is 32.1. The van der Waals surface area contributed by atoms with Gasteiger partial charge in [-0.15, -0.1) is 11.3 Å². The van der Waals surface area contributed by atoms with E-state index in [9.17, 15) is 9.59 Å². The molecule has 4 aromatic heterocycles. The van der Waals surface area contributed by atoms with Crippen molar-refractivity contribution in [1.82, 2.24) is 25.0 Å². The van der Waals surface area contributed by atoms with Crippen molar-refractivity contribution in [3.8, 4) is 11.1 Å². The number of ether oxygens (including phenoxy) is 1. The molecule has 2 amide bonds. The average molecular weight is 492 g/mol. The number of pyridine rings is 2. The van der Waals surface area contributed by atoms with Gasteiger partial charge in [-0.05, 0) is 53.6 Å². The molecule has 9 heteroatoms. The highest BCUT2D eigenvalue weighted by Gasteiger charge is 2.18. The maximum atomic E-state index is 12.6. The molecule has 4 aromatic rings. The fourth-order valence-corrected chi connectivity index (χ4v) is 4.61. The number of amides is 2. The van der Waals surface area contributed by atoms with E-state index in [0.29, 0.717) is 30.2 Å². The standard InChI is InChI=1S/C24H23N5O3S.C2H6/c30-23(17-1-2-22-26-5-6-29(22)14-17)27-12-16-9-18(13-25-11-16)19-10-21(33-15-19)24(31)28-20-3-7-32-8-4-20;1-2/h1-2,5-6,9-11,13-15,20H,3-4,7-8,12H2,(H,27,30)(H,28,31);1-2H3. The van der Waals surface area contributed by atoms with Gasteiger partial charge in [0.15, 0.2) is 0 Å². The summed E-state index contributed by atoms with van der Waals surface area (Å²) in [5.41, 5.74) is 4.07. The van der Waals surface area contributed by atoms with Crippen molar-refractivity contribution in [2.45, 2.75) is 39.3 Å². The number of hydrogen-bond donors (Lipinski definition) is 2. The summed E-state index contributed by atoms with van der Waals surface area (Å²) in [5.74, 6) is -0.219. The molecule has 1 aliphatic heterocycles. The predicted molar refractivity (Wildman–Crippen MR) is 137 cm³/mol. The molecule has 35 heavy (non-hydrogen) atoms. The third kappa shape index (κ3) is 6.12. The van der Waals surface area contributed by atoms with Gasteiger partial charge in [-0.25, -0.2) is 4.98 Å². The number of carbonyl (C=O) groups excluding carboxylic acids is 2. The Morgan fingerprint density at radius 2 is 1.94 bits per heavy atom. The van der Waals surface area contributed by atoms with E-state index in [4.69, 9.17) is 4.74 Å². The van der Waals surface area contributed by atoms with Crippen molar-refractivity contribution >= 4 is 28.8 Å². The van der Waals surface area contributed by atoms with Crippen molar-refractivity contribution in [2.24, 2.45) is 0 Å². The number of carbonyl (C=O) groups is 2. The van der Waals surface area contributed by atoms with Crippen LogP contribution in [0, 0.1) is 0 Å². The van der Waals surface area contributed by atoms with Gasteiger partial charge in [0.2, 0.25) is 0 Å². The zero-order chi connectivity index (χ0) is 24.6. The molecule has 0 spiro atoms. The summed E-state index contributed by atoms with van der Waals surface area (Å²) in [5, 5.41) is 7.98. The third-order valence-corrected chi connectivity index (χ3v) is 6.54. The molecular weight excluding hydrogens is 462 g/mol. The molecule has 0 aliphatic carbocycles. The van der Waals surface area contributed by atoms with E-state index in [1.807, 2.05) is 41.8 Å². The molecule has 5 heterocycles. The number of aromatic nitrogens is 3. The molecular formula is C26H29N5O3S. The lowest BCUT2D eigenvalue weighted by Gasteiger charge is -2.22. The van der Waals surface area contributed by atoms with E-state index in [1.54, 1.807) is 37.1 Å². The van der Waals surface area contributed by atoms with Gasteiger partial charge in [-0.3, -0.25) is 14.6 Å². The zero-order valence-electron chi connectivity index (χ0n) is 19.9. The van der Waals surface area contributed by atoms with E-state index in [0.717, 1.165) is 35.2 Å². The highest BCUT2D eigenvalue weighted by molar-refractivity contribution is 7.12. The van der Waals surface area contributed by atoms with Crippen LogP contribution >= 0.6 is 11.3 Å². The molecule has 0 aromatic carbocycles. The molecule has 0 atom stereocenters. The summed E-state index contributed by atoms with van der Waals surface area (Å²) in [7, 11) is 0. The van der Waals surface area contributed by atoms with Crippen LogP contribution in [-0.2, 0) is 11.3 Å². The topological polar surface area (TPSA) is 97.6 Å². The minimum atomic E-state index is -0.168. The maximum Gasteiger partial charge on any atom is 0.261 e. The highest BCUT2D eigenvalue weighted by Crippen LogP contribution is 2.26. The van der Waals surface area contributed by atoms with Crippen molar-refractivity contribution in [1.29, 1.82) is 0 Å². The van der Waals surface area contributed by atoms with Gasteiger partial charge in [0.25, 0.3) is 11.8 Å². The predicted octanol–water partition coefficient (Wildman–Crippen LogP) is 4.32. The third-order valence-electron chi connectivity index (χ3n) is 5.61. The Morgan fingerprint density at radius 1 is 1.11 bits per heavy atom. The summed E-state index contributed by atoms with van der Waals surface area (Å²) >= 11 is 1.42. The van der Waals surface area contributed by atoms with Crippen LogP contribution in [0.2, 0.25) is 0 Å². The lowest BCUT2D eigenvalue weighted by molar-refractivity contribution is 0.0698. The van der Waals surface area contributed by atoms with Crippen LogP contribution < -0.4 is 10.6 Å². The van der Waals surface area contributed by atoms with Gasteiger partial charge in [0.1, 0.15) is 5.65 Å². The van der Waals surface area contributed by atoms with E-state index < -0.39 is 0 Å². The average Bonchev–Trinajstić information content (AvgIpc) is 3.59. The second-order valence-corrected chi connectivity index (χ2v) is 8.85. The van der Waals surface area contributed by atoms with E-state index in [-0.39, 0.29) is 17.9 Å². The van der Waals surface area contributed by atoms with Crippen molar-refractivity contribution < 1.29 is 14.3 Å². The molecule has 1 fully saturated rings. The monoisotopic (exact) mass is 491 g/mol. The Bertz CT molecular complexity index is 1290. The molecule has 1 aliphatic rings. The SMILES string of the molecule is CC.O=C(NCc1cncc(-c2csc(C(=O)NC3CCOCC3)c2)c1)c1ccc2nccn2c1. The van der Waals surface area contributed by atoms with Crippen molar-refractivity contribution in [3.63, 3.8) is 0 Å². The smallest absolute Gasteiger partial charge is 0.261 e. The summed E-state index contributed by atoms with van der Waals surface area (Å²) in [6.07, 6.45) is 10.4. The Labute approximate surface area is 208 Å². The number of hydrogen-bond acceptors (Lipinski definition) is 6. The molecule has 1 saturated heterocycles. The van der Waals surface area contributed by atoms with Crippen LogP contribution in [0.1, 0.15) is 52.3 Å². The molecule has 5 rings (SSSR count). The number of nitrogens with zero attached hydrogens (tertiary/aromatic N) is 3. The van der Waals surface area contributed by atoms with Gasteiger partial charge >= 0.3 is 0 Å². The van der Waals surface area contributed by atoms with E-state index in [1.165, 1.54) is 11.3 Å². The zero-order valence-corrected chi connectivity index (χ0v) is 20.7. The Balaban J connectivity index is 0.00000141. The maximum absolute atomic E-state index is 12.6. The fraction of sp³-hybridized carbons (Fsp3) is 0.308. The quantitative estimate of drug-likeness (QED) is 0.419. The van der Waals surface area contributed by atoms with Crippen LogP contribution in [0.5, 0.6) is 0 Å². The van der Waals surface area contributed by atoms with Crippen molar-refractivity contribution in [2.75, 3.05) is 13.2 Å². The molecule has 8 nitrogen and oxygen atoms in total. The van der Waals surface area contributed by atoms with Gasteiger partial charge in [0, 0.05) is 62.3 Å². The normalized spacial score (nSPS) is 13.7. The number of fused-ring (bicyclic) bond motifs is 1. The van der Waals surface area contributed by atoms with E-state index in [2.05, 4.69) is 20.6 Å². The number of rotatable bonds is 6. The Kier molecular flexibility index (Phi) is 8.23. The first kappa shape index (κ1) is 24.6. The summed E-state index contributed by atoms with van der Waals surface area (Å²) in [6.45, 7) is 5.73. The largest absolute Gasteiger partial charge is 0.381 e. The molecule has 0 bridgehead atoms.